The molecule has 2 aromatic rings. The van der Waals surface area contributed by atoms with Gasteiger partial charge in [0.1, 0.15) is 5.82 Å². The number of aromatic nitrogens is 2. The SMILES string of the molecule is CCc1nc2c(n1Cc1ccccc1)C(=O)N(C)C1=N[C@H]3CCC[C@H]3N12. The van der Waals surface area contributed by atoms with E-state index in [0.29, 0.717) is 24.3 Å². The van der Waals surface area contributed by atoms with Crippen molar-refractivity contribution < 1.29 is 4.79 Å². The number of imidazole rings is 1. The molecule has 5 rings (SSSR count). The summed E-state index contributed by atoms with van der Waals surface area (Å²) in [5.41, 5.74) is 1.89. The molecule has 2 aliphatic heterocycles. The van der Waals surface area contributed by atoms with Crippen LogP contribution in [0.15, 0.2) is 35.3 Å². The maximum atomic E-state index is 13.2. The van der Waals surface area contributed by atoms with Crippen LogP contribution in [0.5, 0.6) is 0 Å². The third kappa shape index (κ3) is 2.08. The van der Waals surface area contributed by atoms with E-state index in [1.807, 2.05) is 25.2 Å². The Morgan fingerprint density at radius 1 is 1.19 bits per heavy atom. The van der Waals surface area contributed by atoms with Crippen molar-refractivity contribution in [3.8, 4) is 0 Å². The zero-order valence-electron chi connectivity index (χ0n) is 15.2. The van der Waals surface area contributed by atoms with Crippen LogP contribution in [0.2, 0.25) is 0 Å². The van der Waals surface area contributed by atoms with Gasteiger partial charge >= 0.3 is 0 Å². The molecule has 1 fully saturated rings. The predicted octanol–water partition coefficient (Wildman–Crippen LogP) is 2.68. The third-order valence-electron chi connectivity index (χ3n) is 5.84. The van der Waals surface area contributed by atoms with Crippen LogP contribution < -0.4 is 4.90 Å². The van der Waals surface area contributed by atoms with Gasteiger partial charge in [0.15, 0.2) is 11.5 Å². The van der Waals surface area contributed by atoms with E-state index in [4.69, 9.17) is 9.98 Å². The maximum absolute atomic E-state index is 13.2. The lowest BCUT2D eigenvalue weighted by Crippen LogP contribution is -2.51. The van der Waals surface area contributed by atoms with Crippen LogP contribution in [0.25, 0.3) is 0 Å². The Kier molecular flexibility index (Phi) is 3.42. The van der Waals surface area contributed by atoms with Gasteiger partial charge in [-0.25, -0.2) is 9.98 Å². The molecule has 2 atom stereocenters. The first-order chi connectivity index (χ1) is 12.7. The van der Waals surface area contributed by atoms with Crippen molar-refractivity contribution >= 4 is 17.7 Å². The van der Waals surface area contributed by atoms with E-state index < -0.39 is 0 Å². The first-order valence-electron chi connectivity index (χ1n) is 9.47. The molecule has 1 aromatic heterocycles. The number of hydrogen-bond acceptors (Lipinski definition) is 4. The number of carbonyl (C=O) groups is 1. The highest BCUT2D eigenvalue weighted by Crippen LogP contribution is 2.40. The normalized spacial score (nSPS) is 23.8. The second-order valence-electron chi connectivity index (χ2n) is 7.35. The summed E-state index contributed by atoms with van der Waals surface area (Å²) in [6.07, 6.45) is 4.21. The van der Waals surface area contributed by atoms with Crippen LogP contribution in [0.4, 0.5) is 5.82 Å². The number of nitrogens with zero attached hydrogens (tertiary/aromatic N) is 5. The lowest BCUT2D eigenvalue weighted by Gasteiger charge is -2.34. The summed E-state index contributed by atoms with van der Waals surface area (Å²) in [7, 11) is 1.84. The van der Waals surface area contributed by atoms with Crippen molar-refractivity contribution in [2.45, 2.75) is 51.2 Å². The van der Waals surface area contributed by atoms with E-state index in [-0.39, 0.29) is 5.91 Å². The largest absolute Gasteiger partial charge is 0.318 e. The molecule has 6 nitrogen and oxygen atoms in total. The van der Waals surface area contributed by atoms with E-state index in [2.05, 4.69) is 28.5 Å². The summed E-state index contributed by atoms with van der Waals surface area (Å²) in [5, 5.41) is 0. The van der Waals surface area contributed by atoms with Gasteiger partial charge < -0.3 is 4.57 Å². The molecule has 0 bridgehead atoms. The second kappa shape index (κ2) is 5.69. The number of hydrogen-bond donors (Lipinski definition) is 0. The molecule has 6 heteroatoms. The number of anilines is 1. The monoisotopic (exact) mass is 349 g/mol. The predicted molar refractivity (Wildman–Crippen MR) is 101 cm³/mol. The Labute approximate surface area is 153 Å². The van der Waals surface area contributed by atoms with Crippen molar-refractivity contribution in [1.82, 2.24) is 14.5 Å². The van der Waals surface area contributed by atoms with Gasteiger partial charge in [0.25, 0.3) is 5.91 Å². The van der Waals surface area contributed by atoms with Crippen LogP contribution in [0.1, 0.15) is 48.1 Å². The molecule has 0 saturated heterocycles. The highest BCUT2D eigenvalue weighted by molar-refractivity contribution is 6.18. The van der Waals surface area contributed by atoms with Gasteiger partial charge in [-0.05, 0) is 24.8 Å². The maximum Gasteiger partial charge on any atom is 0.280 e. The first-order valence-corrected chi connectivity index (χ1v) is 9.47. The fourth-order valence-electron chi connectivity index (χ4n) is 4.55. The summed E-state index contributed by atoms with van der Waals surface area (Å²) in [6, 6.07) is 10.9. The zero-order valence-corrected chi connectivity index (χ0v) is 15.2. The summed E-state index contributed by atoms with van der Waals surface area (Å²) in [6.45, 7) is 2.77. The summed E-state index contributed by atoms with van der Waals surface area (Å²) in [5.74, 6) is 2.56. The van der Waals surface area contributed by atoms with Gasteiger partial charge in [-0.2, -0.15) is 0 Å². The van der Waals surface area contributed by atoms with Gasteiger partial charge in [-0.3, -0.25) is 14.6 Å². The molecule has 3 heterocycles. The molecular weight excluding hydrogens is 326 g/mol. The number of carbonyl (C=O) groups excluding carboxylic acids is 1. The molecule has 1 aliphatic carbocycles. The quantitative estimate of drug-likeness (QED) is 0.856. The number of guanidine groups is 1. The molecule has 0 spiro atoms. The van der Waals surface area contributed by atoms with Crippen molar-refractivity contribution in [2.24, 2.45) is 4.99 Å². The molecule has 1 amide bonds. The molecular formula is C20H23N5O. The summed E-state index contributed by atoms with van der Waals surface area (Å²) in [4.78, 5) is 26.9. The highest BCUT2D eigenvalue weighted by Gasteiger charge is 2.48. The number of rotatable bonds is 3. The summed E-state index contributed by atoms with van der Waals surface area (Å²) < 4.78 is 2.10. The van der Waals surface area contributed by atoms with Gasteiger partial charge in [0.2, 0.25) is 5.96 Å². The number of benzene rings is 1. The van der Waals surface area contributed by atoms with Crippen LogP contribution in [-0.2, 0) is 13.0 Å². The lowest BCUT2D eigenvalue weighted by molar-refractivity contribution is 0.0854. The van der Waals surface area contributed by atoms with E-state index in [0.717, 1.165) is 36.9 Å². The average molecular weight is 349 g/mol. The van der Waals surface area contributed by atoms with Crippen LogP contribution in [-0.4, -0.2) is 45.4 Å². The number of fused-ring (bicyclic) bond motifs is 5. The Morgan fingerprint density at radius 3 is 2.77 bits per heavy atom. The minimum atomic E-state index is -0.00176. The Balaban J connectivity index is 1.65. The Bertz CT molecular complexity index is 900. The zero-order chi connectivity index (χ0) is 17.8. The number of aliphatic imine (C=N–C) groups is 1. The van der Waals surface area contributed by atoms with Crippen molar-refractivity contribution in [1.29, 1.82) is 0 Å². The number of aryl methyl sites for hydroxylation is 1. The minimum Gasteiger partial charge on any atom is -0.318 e. The van der Waals surface area contributed by atoms with Crippen molar-refractivity contribution in [2.75, 3.05) is 11.9 Å². The van der Waals surface area contributed by atoms with Gasteiger partial charge in [0.05, 0.1) is 12.1 Å². The summed E-state index contributed by atoms with van der Waals surface area (Å²) >= 11 is 0. The van der Waals surface area contributed by atoms with Crippen molar-refractivity contribution in [3.63, 3.8) is 0 Å². The van der Waals surface area contributed by atoms with Crippen LogP contribution >= 0.6 is 0 Å². The van der Waals surface area contributed by atoms with Gasteiger partial charge in [0, 0.05) is 20.0 Å². The fraction of sp³-hybridized carbons (Fsp3) is 0.450. The van der Waals surface area contributed by atoms with Crippen LogP contribution in [0, 0.1) is 0 Å². The van der Waals surface area contributed by atoms with Gasteiger partial charge in [-0.15, -0.1) is 0 Å². The second-order valence-corrected chi connectivity index (χ2v) is 7.35. The third-order valence-corrected chi connectivity index (χ3v) is 5.84. The van der Waals surface area contributed by atoms with Crippen LogP contribution in [0.3, 0.4) is 0 Å². The lowest BCUT2D eigenvalue weighted by atomic mass is 10.1. The Morgan fingerprint density at radius 2 is 2.00 bits per heavy atom. The fourth-order valence-corrected chi connectivity index (χ4v) is 4.55. The smallest absolute Gasteiger partial charge is 0.280 e. The van der Waals surface area contributed by atoms with E-state index in [1.54, 1.807) is 4.90 Å². The number of amides is 1. The molecule has 0 radical (unpaired) electrons. The van der Waals surface area contributed by atoms with Gasteiger partial charge in [-0.1, -0.05) is 37.3 Å². The molecule has 0 N–H and O–H groups in total. The minimum absolute atomic E-state index is 0.00176. The Hall–Kier alpha value is -2.63. The molecule has 134 valence electrons. The molecule has 1 aromatic carbocycles. The molecule has 26 heavy (non-hydrogen) atoms. The topological polar surface area (TPSA) is 53.7 Å². The van der Waals surface area contributed by atoms with Crippen molar-refractivity contribution in [3.05, 3.63) is 47.4 Å². The van der Waals surface area contributed by atoms with E-state index >= 15 is 0 Å². The average Bonchev–Trinajstić information content (AvgIpc) is 3.33. The molecule has 3 aliphatic rings. The molecule has 0 unspecified atom stereocenters. The molecule has 1 saturated carbocycles. The van der Waals surface area contributed by atoms with E-state index in [1.165, 1.54) is 12.0 Å². The van der Waals surface area contributed by atoms with E-state index in [9.17, 15) is 4.79 Å². The standard InChI is InChI=1S/C20H23N5O/c1-3-16-22-18-17(24(16)12-13-8-5-4-6-9-13)19(26)23(2)20-21-14-10-7-11-15(14)25(18)20/h4-6,8-9,14-15H,3,7,10-12H2,1-2H3/t14-,15+/m0/s1. The first kappa shape index (κ1) is 15.6. The highest BCUT2D eigenvalue weighted by atomic mass is 16.2.